The zero-order chi connectivity index (χ0) is 19.2. The molecule has 5 heteroatoms. The van der Waals surface area contributed by atoms with Gasteiger partial charge in [0.2, 0.25) is 0 Å². The van der Waals surface area contributed by atoms with Crippen molar-refractivity contribution in [3.63, 3.8) is 0 Å². The van der Waals surface area contributed by atoms with Crippen molar-refractivity contribution in [2.75, 3.05) is 24.6 Å². The summed E-state index contributed by atoms with van der Waals surface area (Å²) in [6.45, 7) is 6.69. The maximum Gasteiger partial charge on any atom is 0.343 e. The van der Waals surface area contributed by atoms with Crippen molar-refractivity contribution in [2.24, 2.45) is 0 Å². The number of anilines is 1. The normalized spacial score (nSPS) is 11.4. The number of hydrogen-bond acceptors (Lipinski definition) is 4. The number of aromatic nitrogens is 1. The van der Waals surface area contributed by atoms with Crippen molar-refractivity contribution in [2.45, 2.75) is 20.4 Å². The monoisotopic (exact) mass is 365 g/mol. The van der Waals surface area contributed by atoms with E-state index in [-0.39, 0.29) is 12.2 Å². The number of nitrogens with zero attached hydrogens (tertiary/aromatic N) is 2. The van der Waals surface area contributed by atoms with E-state index in [0.717, 1.165) is 29.7 Å². The molecule has 140 valence electrons. The van der Waals surface area contributed by atoms with Gasteiger partial charge in [0.05, 0.1) is 5.56 Å². The zero-order valence-electron chi connectivity index (χ0n) is 15.8. The van der Waals surface area contributed by atoms with Crippen molar-refractivity contribution < 1.29 is 14.1 Å². The summed E-state index contributed by atoms with van der Waals surface area (Å²) >= 11 is 0. The van der Waals surface area contributed by atoms with Crippen LogP contribution in [0.3, 0.4) is 0 Å². The first-order valence-electron chi connectivity index (χ1n) is 9.25. The lowest BCUT2D eigenvalue weighted by atomic mass is 10.1. The van der Waals surface area contributed by atoms with Crippen LogP contribution in [0.15, 0.2) is 58.0 Å². The van der Waals surface area contributed by atoms with Gasteiger partial charge in [-0.3, -0.25) is 0 Å². The lowest BCUT2D eigenvalue weighted by molar-refractivity contribution is -0.698. The van der Waals surface area contributed by atoms with Gasteiger partial charge in [0, 0.05) is 42.4 Å². The number of aliphatic hydroxyl groups excluding tert-OH is 1. The highest BCUT2D eigenvalue weighted by atomic mass is 16.4. The van der Waals surface area contributed by atoms with Crippen LogP contribution in [0.4, 0.5) is 5.69 Å². The van der Waals surface area contributed by atoms with E-state index < -0.39 is 0 Å². The van der Waals surface area contributed by atoms with Crippen LogP contribution in [0.25, 0.3) is 23.1 Å². The molecule has 0 aliphatic rings. The van der Waals surface area contributed by atoms with Crippen LogP contribution >= 0.6 is 0 Å². The molecular weight excluding hydrogens is 340 g/mol. The highest BCUT2D eigenvalue weighted by Crippen LogP contribution is 2.22. The fourth-order valence-electron chi connectivity index (χ4n) is 3.05. The molecule has 0 atom stereocenters. The first-order valence-corrected chi connectivity index (χ1v) is 9.25. The van der Waals surface area contributed by atoms with Crippen molar-refractivity contribution in [3.8, 4) is 0 Å². The molecule has 2 heterocycles. The van der Waals surface area contributed by atoms with Crippen molar-refractivity contribution in [1.82, 2.24) is 0 Å². The minimum Gasteiger partial charge on any atom is -0.422 e. The molecule has 1 aromatic carbocycles. The lowest BCUT2D eigenvalue weighted by Gasteiger charge is -2.20. The Morgan fingerprint density at radius 1 is 1.07 bits per heavy atom. The van der Waals surface area contributed by atoms with E-state index in [4.69, 9.17) is 9.52 Å². The zero-order valence-corrected chi connectivity index (χ0v) is 15.8. The number of pyridine rings is 1. The molecule has 0 saturated heterocycles. The first kappa shape index (κ1) is 18.9. The second-order valence-electron chi connectivity index (χ2n) is 6.31. The Kier molecular flexibility index (Phi) is 6.04. The highest BCUT2D eigenvalue weighted by molar-refractivity contribution is 5.83. The van der Waals surface area contributed by atoms with Gasteiger partial charge in [-0.2, -0.15) is 0 Å². The first-order chi connectivity index (χ1) is 13.1. The summed E-state index contributed by atoms with van der Waals surface area (Å²) in [7, 11) is 0. The van der Waals surface area contributed by atoms with E-state index in [1.54, 1.807) is 6.08 Å². The second-order valence-corrected chi connectivity index (χ2v) is 6.31. The van der Waals surface area contributed by atoms with Gasteiger partial charge >= 0.3 is 5.63 Å². The Labute approximate surface area is 158 Å². The molecule has 0 bridgehead atoms. The molecule has 0 amide bonds. The predicted molar refractivity (Wildman–Crippen MR) is 109 cm³/mol. The van der Waals surface area contributed by atoms with E-state index >= 15 is 0 Å². The molecular formula is C22H25N2O3+. The average Bonchev–Trinajstić information content (AvgIpc) is 2.68. The van der Waals surface area contributed by atoms with Crippen LogP contribution in [-0.4, -0.2) is 24.8 Å². The Morgan fingerprint density at radius 3 is 2.48 bits per heavy atom. The topological polar surface area (TPSA) is 57.6 Å². The number of benzene rings is 1. The van der Waals surface area contributed by atoms with Crippen LogP contribution in [-0.2, 0) is 6.54 Å². The lowest BCUT2D eigenvalue weighted by Crippen LogP contribution is -2.34. The largest absolute Gasteiger partial charge is 0.422 e. The van der Waals surface area contributed by atoms with Gasteiger partial charge in [-0.05, 0) is 43.7 Å². The summed E-state index contributed by atoms with van der Waals surface area (Å²) in [5.74, 6) is 0. The van der Waals surface area contributed by atoms with E-state index in [1.807, 2.05) is 53.4 Å². The van der Waals surface area contributed by atoms with Gasteiger partial charge < -0.3 is 14.4 Å². The summed E-state index contributed by atoms with van der Waals surface area (Å²) in [5, 5.41) is 9.85. The van der Waals surface area contributed by atoms with E-state index in [9.17, 15) is 4.79 Å². The van der Waals surface area contributed by atoms with E-state index in [2.05, 4.69) is 24.8 Å². The number of aliphatic hydroxyl groups is 1. The van der Waals surface area contributed by atoms with E-state index in [1.165, 1.54) is 0 Å². The molecule has 2 aromatic heterocycles. The van der Waals surface area contributed by atoms with Crippen LogP contribution in [0.1, 0.15) is 25.0 Å². The van der Waals surface area contributed by atoms with Gasteiger partial charge in [0.25, 0.3) is 0 Å². The van der Waals surface area contributed by atoms with Crippen LogP contribution in [0.2, 0.25) is 0 Å². The van der Waals surface area contributed by atoms with Crippen LogP contribution < -0.4 is 15.1 Å². The van der Waals surface area contributed by atoms with Crippen LogP contribution in [0, 0.1) is 0 Å². The van der Waals surface area contributed by atoms with Gasteiger partial charge in [-0.25, -0.2) is 9.36 Å². The molecule has 0 unspecified atom stereocenters. The third-order valence-corrected chi connectivity index (χ3v) is 4.61. The summed E-state index contributed by atoms with van der Waals surface area (Å²) in [6.07, 6.45) is 7.45. The van der Waals surface area contributed by atoms with Gasteiger partial charge in [0.1, 0.15) is 12.2 Å². The van der Waals surface area contributed by atoms with Gasteiger partial charge in [0.15, 0.2) is 18.9 Å². The molecule has 5 nitrogen and oxygen atoms in total. The smallest absolute Gasteiger partial charge is 0.343 e. The molecule has 27 heavy (non-hydrogen) atoms. The highest BCUT2D eigenvalue weighted by Gasteiger charge is 2.07. The third kappa shape index (κ3) is 4.44. The Balaban J connectivity index is 1.87. The SMILES string of the molecule is CCN(CC)c1ccc2cc(/C=C/c3cc[n+](CCO)cc3)c(=O)oc2c1. The molecule has 0 saturated carbocycles. The van der Waals surface area contributed by atoms with E-state index in [0.29, 0.717) is 17.7 Å². The summed E-state index contributed by atoms with van der Waals surface area (Å²) < 4.78 is 7.44. The molecule has 0 spiro atoms. The fourth-order valence-corrected chi connectivity index (χ4v) is 3.05. The Morgan fingerprint density at radius 2 is 1.81 bits per heavy atom. The van der Waals surface area contributed by atoms with Crippen molar-refractivity contribution in [3.05, 3.63) is 70.3 Å². The summed E-state index contributed by atoms with van der Waals surface area (Å²) in [6, 6.07) is 11.7. The standard InChI is InChI=1S/C22H25N2O3/c1-3-24(4-2)20-8-7-18-15-19(22(26)27-21(18)16-20)6-5-17-9-11-23(12-10-17)13-14-25/h5-12,15-16,25H,3-4,13-14H2,1-2H3/q+1. The molecule has 0 radical (unpaired) electrons. The quantitative estimate of drug-likeness (QED) is 0.516. The molecule has 1 N–H and O–H groups in total. The number of rotatable bonds is 7. The van der Waals surface area contributed by atoms with Crippen molar-refractivity contribution in [1.29, 1.82) is 0 Å². The minimum absolute atomic E-state index is 0.105. The molecule has 3 aromatic rings. The maximum atomic E-state index is 12.4. The molecule has 0 fully saturated rings. The Bertz CT molecular complexity index is 987. The summed E-state index contributed by atoms with van der Waals surface area (Å²) in [5.41, 5.74) is 2.80. The minimum atomic E-state index is -0.346. The maximum absolute atomic E-state index is 12.4. The van der Waals surface area contributed by atoms with Gasteiger partial charge in [-0.1, -0.05) is 6.08 Å². The van der Waals surface area contributed by atoms with Crippen molar-refractivity contribution >= 4 is 28.8 Å². The molecule has 3 rings (SSSR count). The number of hydrogen-bond donors (Lipinski definition) is 1. The molecule has 0 aliphatic carbocycles. The van der Waals surface area contributed by atoms with Gasteiger partial charge in [-0.15, -0.1) is 0 Å². The fraction of sp³-hybridized carbons (Fsp3) is 0.273. The second kappa shape index (κ2) is 8.64. The molecule has 0 aliphatic heterocycles. The van der Waals surface area contributed by atoms with Crippen LogP contribution in [0.5, 0.6) is 0 Å². The Hall–Kier alpha value is -2.92. The average molecular weight is 365 g/mol. The number of fused-ring (bicyclic) bond motifs is 1. The third-order valence-electron chi connectivity index (χ3n) is 4.61. The summed E-state index contributed by atoms with van der Waals surface area (Å²) in [4.78, 5) is 14.6. The predicted octanol–water partition coefficient (Wildman–Crippen LogP) is 3.09.